The highest BCUT2D eigenvalue weighted by Gasteiger charge is 2.06. The summed E-state index contributed by atoms with van der Waals surface area (Å²) in [5.74, 6) is 0. The summed E-state index contributed by atoms with van der Waals surface area (Å²) in [4.78, 5) is 14.5. The van der Waals surface area contributed by atoms with Crippen molar-refractivity contribution in [1.82, 2.24) is 4.98 Å². The van der Waals surface area contributed by atoms with E-state index in [1.165, 1.54) is 32.1 Å². The predicted molar refractivity (Wildman–Crippen MR) is 78.2 cm³/mol. The van der Waals surface area contributed by atoms with E-state index in [-0.39, 0.29) is 0 Å². The minimum Gasteiger partial charge on any atom is -0.328 e. The second-order valence-corrected chi connectivity index (χ2v) is 4.94. The Morgan fingerprint density at radius 3 is 2.42 bits per heavy atom. The number of para-hydroxylation sites is 1. The Hall–Kier alpha value is -1.74. The summed E-state index contributed by atoms with van der Waals surface area (Å²) in [6, 6.07) is 11.9. The third kappa shape index (κ3) is 4.14. The minimum atomic E-state index is 0.480. The Labute approximate surface area is 113 Å². The van der Waals surface area contributed by atoms with Gasteiger partial charge in [0.25, 0.3) is 0 Å². The summed E-state index contributed by atoms with van der Waals surface area (Å²) in [6.45, 7) is 0. The zero-order valence-electron chi connectivity index (χ0n) is 11.1. The van der Waals surface area contributed by atoms with Gasteiger partial charge >= 0.3 is 0 Å². The summed E-state index contributed by atoms with van der Waals surface area (Å²) in [7, 11) is 0. The molecule has 0 unspecified atom stereocenters. The van der Waals surface area contributed by atoms with Crippen LogP contribution in [0.25, 0.3) is 10.9 Å². The zero-order chi connectivity index (χ0) is 13.5. The molecular formula is C16H20N2O. The van der Waals surface area contributed by atoms with Crippen LogP contribution in [0.4, 0.5) is 0 Å². The molecule has 1 aromatic heterocycles. The van der Waals surface area contributed by atoms with E-state index in [9.17, 15) is 4.79 Å². The molecule has 1 aliphatic rings. The molecule has 1 heterocycles. The van der Waals surface area contributed by atoms with Gasteiger partial charge in [-0.25, -0.2) is 4.98 Å². The molecule has 0 bridgehead atoms. The van der Waals surface area contributed by atoms with Gasteiger partial charge in [-0.2, -0.15) is 0 Å². The number of carbonyl (C=O) groups excluding carboxylic acids is 1. The second kappa shape index (κ2) is 7.00. The fourth-order valence-electron chi connectivity index (χ4n) is 2.28. The van der Waals surface area contributed by atoms with Crippen molar-refractivity contribution in [3.05, 3.63) is 42.1 Å². The number of nitrogens with zero attached hydrogens (tertiary/aromatic N) is 1. The molecule has 0 amide bonds. The normalized spacial score (nSPS) is 15.6. The largest absolute Gasteiger partial charge is 0.328 e. The molecule has 0 saturated heterocycles. The molecular weight excluding hydrogens is 236 g/mol. The summed E-state index contributed by atoms with van der Waals surface area (Å²) in [5, 5.41) is 1.06. The first kappa shape index (κ1) is 13.7. The van der Waals surface area contributed by atoms with Crippen molar-refractivity contribution in [2.75, 3.05) is 0 Å². The molecule has 0 atom stereocenters. The summed E-state index contributed by atoms with van der Waals surface area (Å²) >= 11 is 0. The first-order valence-corrected chi connectivity index (χ1v) is 6.86. The van der Waals surface area contributed by atoms with Crippen LogP contribution < -0.4 is 5.73 Å². The van der Waals surface area contributed by atoms with Crippen molar-refractivity contribution >= 4 is 17.2 Å². The molecule has 0 radical (unpaired) electrons. The lowest BCUT2D eigenvalue weighted by atomic mass is 9.97. The maximum absolute atomic E-state index is 10.4. The average Bonchev–Trinajstić information content (AvgIpc) is 2.48. The van der Waals surface area contributed by atoms with Gasteiger partial charge in [0, 0.05) is 11.4 Å². The van der Waals surface area contributed by atoms with Crippen molar-refractivity contribution in [1.29, 1.82) is 0 Å². The van der Waals surface area contributed by atoms with Gasteiger partial charge in [-0.3, -0.25) is 4.79 Å². The predicted octanol–water partition coefficient (Wildman–Crippen LogP) is 3.33. The lowest BCUT2D eigenvalue weighted by Crippen LogP contribution is -2.22. The van der Waals surface area contributed by atoms with Crippen molar-refractivity contribution < 1.29 is 4.79 Å². The lowest BCUT2D eigenvalue weighted by Gasteiger charge is -2.15. The van der Waals surface area contributed by atoms with E-state index >= 15 is 0 Å². The highest BCUT2D eigenvalue weighted by molar-refractivity contribution is 5.83. The molecule has 19 heavy (non-hydrogen) atoms. The zero-order valence-corrected chi connectivity index (χ0v) is 11.1. The third-order valence-electron chi connectivity index (χ3n) is 3.39. The van der Waals surface area contributed by atoms with Crippen LogP contribution in [0.5, 0.6) is 0 Å². The molecule has 2 N–H and O–H groups in total. The van der Waals surface area contributed by atoms with Crippen LogP contribution in [-0.2, 0) is 0 Å². The number of benzene rings is 1. The first-order chi connectivity index (χ1) is 9.29. The van der Waals surface area contributed by atoms with Gasteiger partial charge in [0.1, 0.15) is 5.69 Å². The molecule has 3 nitrogen and oxygen atoms in total. The Kier molecular flexibility index (Phi) is 5.04. The fourth-order valence-corrected chi connectivity index (χ4v) is 2.28. The average molecular weight is 256 g/mol. The van der Waals surface area contributed by atoms with Gasteiger partial charge in [0.05, 0.1) is 5.52 Å². The van der Waals surface area contributed by atoms with Crippen molar-refractivity contribution in [2.24, 2.45) is 5.73 Å². The molecule has 0 spiro atoms. The van der Waals surface area contributed by atoms with Gasteiger partial charge in [-0.1, -0.05) is 43.5 Å². The molecule has 100 valence electrons. The fraction of sp³-hybridized carbons (Fsp3) is 0.375. The van der Waals surface area contributed by atoms with Crippen LogP contribution >= 0.6 is 0 Å². The number of fused-ring (bicyclic) bond motifs is 1. The Morgan fingerprint density at radius 1 is 1.05 bits per heavy atom. The van der Waals surface area contributed by atoms with E-state index in [1.54, 1.807) is 6.07 Å². The van der Waals surface area contributed by atoms with Crippen molar-refractivity contribution in [3.63, 3.8) is 0 Å². The van der Waals surface area contributed by atoms with Gasteiger partial charge in [0.2, 0.25) is 0 Å². The number of pyridine rings is 1. The number of aldehydes is 1. The van der Waals surface area contributed by atoms with Crippen LogP contribution in [0.15, 0.2) is 36.4 Å². The molecule has 1 aromatic carbocycles. The lowest BCUT2D eigenvalue weighted by molar-refractivity contribution is 0.111. The number of hydrogen-bond acceptors (Lipinski definition) is 3. The maximum Gasteiger partial charge on any atom is 0.168 e. The van der Waals surface area contributed by atoms with E-state index in [2.05, 4.69) is 4.98 Å². The quantitative estimate of drug-likeness (QED) is 0.796. The number of carbonyl (C=O) groups is 1. The van der Waals surface area contributed by atoms with E-state index in [1.807, 2.05) is 30.3 Å². The van der Waals surface area contributed by atoms with Crippen LogP contribution in [0, 0.1) is 0 Å². The SMILES string of the molecule is NC1CCCCC1.O=Cc1ccc2ccccc2n1. The first-order valence-electron chi connectivity index (χ1n) is 6.86. The van der Waals surface area contributed by atoms with Crippen molar-refractivity contribution in [2.45, 2.75) is 38.1 Å². The maximum atomic E-state index is 10.4. The smallest absolute Gasteiger partial charge is 0.168 e. The van der Waals surface area contributed by atoms with E-state index in [0.717, 1.165) is 17.2 Å². The van der Waals surface area contributed by atoms with Crippen LogP contribution in [-0.4, -0.2) is 17.3 Å². The highest BCUT2D eigenvalue weighted by Crippen LogP contribution is 2.14. The minimum absolute atomic E-state index is 0.480. The van der Waals surface area contributed by atoms with E-state index in [0.29, 0.717) is 11.7 Å². The van der Waals surface area contributed by atoms with Crippen LogP contribution in [0.2, 0.25) is 0 Å². The summed E-state index contributed by atoms with van der Waals surface area (Å²) in [6.07, 6.45) is 7.42. The molecule has 1 aliphatic carbocycles. The number of aromatic nitrogens is 1. The highest BCUT2D eigenvalue weighted by atomic mass is 16.1. The van der Waals surface area contributed by atoms with Gasteiger partial charge in [0.15, 0.2) is 6.29 Å². The molecule has 3 rings (SSSR count). The van der Waals surface area contributed by atoms with Gasteiger partial charge < -0.3 is 5.73 Å². The van der Waals surface area contributed by atoms with E-state index < -0.39 is 0 Å². The number of hydrogen-bond donors (Lipinski definition) is 1. The summed E-state index contributed by atoms with van der Waals surface area (Å²) < 4.78 is 0. The van der Waals surface area contributed by atoms with Crippen LogP contribution in [0.1, 0.15) is 42.6 Å². The van der Waals surface area contributed by atoms with Gasteiger partial charge in [-0.05, 0) is 25.0 Å². The molecule has 0 aliphatic heterocycles. The molecule has 1 fully saturated rings. The van der Waals surface area contributed by atoms with Gasteiger partial charge in [-0.15, -0.1) is 0 Å². The Bertz CT molecular complexity index is 533. The molecule has 3 heteroatoms. The van der Waals surface area contributed by atoms with Crippen LogP contribution in [0.3, 0.4) is 0 Å². The van der Waals surface area contributed by atoms with Crippen molar-refractivity contribution in [3.8, 4) is 0 Å². The Morgan fingerprint density at radius 2 is 1.79 bits per heavy atom. The molecule has 2 aromatic rings. The number of rotatable bonds is 1. The second-order valence-electron chi connectivity index (χ2n) is 4.94. The monoisotopic (exact) mass is 256 g/mol. The number of nitrogens with two attached hydrogens (primary N) is 1. The summed E-state index contributed by atoms with van der Waals surface area (Å²) in [5.41, 5.74) is 6.98. The molecule has 1 saturated carbocycles. The third-order valence-corrected chi connectivity index (χ3v) is 3.39. The Balaban J connectivity index is 0.000000163. The standard InChI is InChI=1S/C10H7NO.C6H13N/c12-7-9-6-5-8-3-1-2-4-10(8)11-9;7-6-4-2-1-3-5-6/h1-7H;6H,1-5,7H2. The topological polar surface area (TPSA) is 56.0 Å². The van der Waals surface area contributed by atoms with E-state index in [4.69, 9.17) is 5.73 Å².